The maximum Gasteiger partial charge on any atom is 0.0204 e. The normalized spacial score (nSPS) is 17.6. The van der Waals surface area contributed by atoms with Crippen LogP contribution in [0.4, 0.5) is 0 Å². The SMILES string of the molecule is C=Cc1ccc(CC2=C=CC(C=C)C=C2)cc1. The standard InChI is InChI=1S/C17H16/c1-3-14-5-9-16(10-6-14)13-17-11-7-15(4-2)8-12-17/h3-11,15H,1-2,13H2. The monoisotopic (exact) mass is 220 g/mol. The molecule has 1 aliphatic rings. The Kier molecular flexibility index (Phi) is 3.59. The van der Waals surface area contributed by atoms with Gasteiger partial charge in [-0.25, -0.2) is 0 Å². The van der Waals surface area contributed by atoms with Crippen molar-refractivity contribution >= 4 is 6.08 Å². The molecule has 1 unspecified atom stereocenters. The minimum absolute atomic E-state index is 0.335. The summed E-state index contributed by atoms with van der Waals surface area (Å²) < 4.78 is 0. The lowest BCUT2D eigenvalue weighted by Crippen LogP contribution is -1.93. The van der Waals surface area contributed by atoms with Gasteiger partial charge in [0.25, 0.3) is 0 Å². The Morgan fingerprint density at radius 2 is 1.94 bits per heavy atom. The second-order valence-corrected chi connectivity index (χ2v) is 4.13. The van der Waals surface area contributed by atoms with E-state index in [0.29, 0.717) is 5.92 Å². The molecule has 0 aromatic heterocycles. The predicted octanol–water partition coefficient (Wildman–Crippen LogP) is 4.33. The van der Waals surface area contributed by atoms with Crippen LogP contribution in [0.5, 0.6) is 0 Å². The highest BCUT2D eigenvalue weighted by Crippen LogP contribution is 2.15. The van der Waals surface area contributed by atoms with E-state index >= 15 is 0 Å². The lowest BCUT2D eigenvalue weighted by molar-refractivity contribution is 1.04. The molecule has 0 heteroatoms. The molecule has 0 amide bonds. The van der Waals surface area contributed by atoms with Crippen molar-refractivity contribution in [1.82, 2.24) is 0 Å². The van der Waals surface area contributed by atoms with Gasteiger partial charge in [-0.3, -0.25) is 0 Å². The number of hydrogen-bond acceptors (Lipinski definition) is 0. The van der Waals surface area contributed by atoms with Crippen LogP contribution in [0.1, 0.15) is 11.1 Å². The van der Waals surface area contributed by atoms with Gasteiger partial charge in [0.1, 0.15) is 0 Å². The first kappa shape index (κ1) is 11.4. The first-order valence-electron chi connectivity index (χ1n) is 5.79. The highest BCUT2D eigenvalue weighted by molar-refractivity contribution is 5.47. The maximum atomic E-state index is 3.77. The van der Waals surface area contributed by atoms with Gasteiger partial charge in [-0.15, -0.1) is 12.3 Å². The summed E-state index contributed by atoms with van der Waals surface area (Å²) >= 11 is 0. The number of allylic oxidation sites excluding steroid dienone is 4. The Morgan fingerprint density at radius 3 is 2.47 bits per heavy atom. The summed E-state index contributed by atoms with van der Waals surface area (Å²) in [5, 5.41) is 0. The van der Waals surface area contributed by atoms with Crippen molar-refractivity contribution in [3.05, 3.63) is 84.2 Å². The van der Waals surface area contributed by atoms with Gasteiger partial charge in [0.15, 0.2) is 0 Å². The second-order valence-electron chi connectivity index (χ2n) is 4.13. The summed E-state index contributed by atoms with van der Waals surface area (Å²) in [6.07, 6.45) is 11.0. The summed E-state index contributed by atoms with van der Waals surface area (Å²) in [6.45, 7) is 7.52. The second kappa shape index (κ2) is 5.34. The third kappa shape index (κ3) is 2.96. The Balaban J connectivity index is 2.11. The third-order valence-corrected chi connectivity index (χ3v) is 2.86. The zero-order valence-corrected chi connectivity index (χ0v) is 9.89. The molecule has 0 fully saturated rings. The van der Waals surface area contributed by atoms with Crippen LogP contribution in [-0.4, -0.2) is 0 Å². The lowest BCUT2D eigenvalue weighted by Gasteiger charge is -2.06. The molecule has 0 aliphatic heterocycles. The summed E-state index contributed by atoms with van der Waals surface area (Å²) in [5.41, 5.74) is 6.98. The van der Waals surface area contributed by atoms with Crippen LogP contribution in [0.15, 0.2) is 73.0 Å². The molecule has 0 nitrogen and oxygen atoms in total. The van der Waals surface area contributed by atoms with Crippen molar-refractivity contribution in [2.24, 2.45) is 5.92 Å². The molecule has 1 aromatic carbocycles. The van der Waals surface area contributed by atoms with Gasteiger partial charge < -0.3 is 0 Å². The van der Waals surface area contributed by atoms with Crippen molar-refractivity contribution in [3.63, 3.8) is 0 Å². The smallest absolute Gasteiger partial charge is 0.0204 e. The largest absolute Gasteiger partial charge is 0.120 e. The van der Waals surface area contributed by atoms with E-state index < -0.39 is 0 Å². The minimum atomic E-state index is 0.335. The van der Waals surface area contributed by atoms with Crippen LogP contribution >= 0.6 is 0 Å². The third-order valence-electron chi connectivity index (χ3n) is 2.86. The molecule has 0 spiro atoms. The van der Waals surface area contributed by atoms with E-state index in [9.17, 15) is 0 Å². The first-order valence-corrected chi connectivity index (χ1v) is 5.79. The lowest BCUT2D eigenvalue weighted by atomic mass is 9.98. The van der Waals surface area contributed by atoms with Gasteiger partial charge in [0.2, 0.25) is 0 Å². The Labute approximate surface area is 103 Å². The zero-order valence-electron chi connectivity index (χ0n) is 9.89. The van der Waals surface area contributed by atoms with Crippen LogP contribution in [0.25, 0.3) is 6.08 Å². The molecule has 1 atom stereocenters. The quantitative estimate of drug-likeness (QED) is 0.523. The zero-order chi connectivity index (χ0) is 12.1. The number of benzene rings is 1. The molecular weight excluding hydrogens is 204 g/mol. The molecule has 17 heavy (non-hydrogen) atoms. The van der Waals surface area contributed by atoms with E-state index in [2.05, 4.69) is 61.4 Å². The Bertz CT molecular complexity index is 505. The highest BCUT2D eigenvalue weighted by Gasteiger charge is 2.01. The van der Waals surface area contributed by atoms with Gasteiger partial charge in [-0.05, 0) is 22.8 Å². The van der Waals surface area contributed by atoms with Gasteiger partial charge in [0.05, 0.1) is 0 Å². The summed E-state index contributed by atoms with van der Waals surface area (Å²) in [6, 6.07) is 8.45. The van der Waals surface area contributed by atoms with Crippen molar-refractivity contribution < 1.29 is 0 Å². The molecule has 0 saturated heterocycles. The molecule has 84 valence electrons. The molecule has 1 aliphatic carbocycles. The van der Waals surface area contributed by atoms with Crippen LogP contribution in [0.2, 0.25) is 0 Å². The topological polar surface area (TPSA) is 0 Å². The number of hydrogen-bond donors (Lipinski definition) is 0. The number of rotatable bonds is 4. The van der Waals surface area contributed by atoms with Crippen LogP contribution in [0.3, 0.4) is 0 Å². The molecule has 0 radical (unpaired) electrons. The summed E-state index contributed by atoms with van der Waals surface area (Å²) in [5.74, 6) is 0.335. The molecule has 2 rings (SSSR count). The van der Waals surface area contributed by atoms with Crippen LogP contribution in [0, 0.1) is 5.92 Å². The fourth-order valence-electron chi connectivity index (χ4n) is 1.78. The van der Waals surface area contributed by atoms with Gasteiger partial charge in [-0.1, -0.05) is 55.1 Å². The summed E-state index contributed by atoms with van der Waals surface area (Å²) in [4.78, 5) is 0. The van der Waals surface area contributed by atoms with Gasteiger partial charge in [-0.2, -0.15) is 0 Å². The van der Waals surface area contributed by atoms with Crippen molar-refractivity contribution in [2.45, 2.75) is 6.42 Å². The van der Waals surface area contributed by atoms with Crippen molar-refractivity contribution in [3.8, 4) is 0 Å². The van der Waals surface area contributed by atoms with E-state index in [1.54, 1.807) is 0 Å². The van der Waals surface area contributed by atoms with Gasteiger partial charge in [0, 0.05) is 12.3 Å². The molecule has 0 bridgehead atoms. The molecular formula is C17H16. The fourth-order valence-corrected chi connectivity index (χ4v) is 1.78. The van der Waals surface area contributed by atoms with Gasteiger partial charge >= 0.3 is 0 Å². The molecule has 1 aromatic rings. The van der Waals surface area contributed by atoms with E-state index in [1.165, 1.54) is 11.1 Å². The first-order chi connectivity index (χ1) is 8.31. The summed E-state index contributed by atoms with van der Waals surface area (Å²) in [7, 11) is 0. The minimum Gasteiger partial charge on any atom is -0.120 e. The van der Waals surface area contributed by atoms with Crippen molar-refractivity contribution in [1.29, 1.82) is 0 Å². The fraction of sp³-hybridized carbons (Fsp3) is 0.118. The molecule has 0 heterocycles. The molecule has 0 saturated carbocycles. The van der Waals surface area contributed by atoms with E-state index in [1.807, 2.05) is 12.2 Å². The average molecular weight is 220 g/mol. The highest BCUT2D eigenvalue weighted by atomic mass is 14.1. The van der Waals surface area contributed by atoms with Crippen LogP contribution in [-0.2, 0) is 6.42 Å². The predicted molar refractivity (Wildman–Crippen MR) is 74.7 cm³/mol. The molecule has 0 N–H and O–H groups in total. The van der Waals surface area contributed by atoms with E-state index in [-0.39, 0.29) is 0 Å². The Morgan fingerprint density at radius 1 is 1.18 bits per heavy atom. The average Bonchev–Trinajstić information content (AvgIpc) is 2.40. The maximum absolute atomic E-state index is 3.77. The van der Waals surface area contributed by atoms with Crippen molar-refractivity contribution in [2.75, 3.05) is 0 Å². The van der Waals surface area contributed by atoms with E-state index in [0.717, 1.165) is 12.0 Å². The van der Waals surface area contributed by atoms with E-state index in [4.69, 9.17) is 0 Å². The van der Waals surface area contributed by atoms with Crippen LogP contribution < -0.4 is 0 Å². The Hall–Kier alpha value is -2.04.